The molecule has 14 nitrogen and oxygen atoms in total. The van der Waals surface area contributed by atoms with Crippen molar-refractivity contribution in [3.05, 3.63) is 119 Å². The van der Waals surface area contributed by atoms with E-state index in [0.717, 1.165) is 6.92 Å². The zero-order valence-corrected chi connectivity index (χ0v) is 34.9. The minimum Gasteiger partial charge on any atom is -0.458 e. The molecule has 1 heterocycles. The van der Waals surface area contributed by atoms with Crippen LogP contribution in [0.3, 0.4) is 0 Å². The van der Waals surface area contributed by atoms with E-state index in [1.165, 1.54) is 26.0 Å². The number of aliphatic hydroxyl groups excluding tert-OH is 1. The molecule has 4 aliphatic rings. The molecule has 1 aliphatic heterocycles. The van der Waals surface area contributed by atoms with Crippen LogP contribution in [-0.4, -0.2) is 94.1 Å². The monoisotopic (exact) mass is 837 g/mol. The smallest absolute Gasteiger partial charge is 0.338 e. The van der Waals surface area contributed by atoms with Gasteiger partial charge >= 0.3 is 23.9 Å². The normalized spacial score (nSPS) is 31.6. The van der Waals surface area contributed by atoms with Gasteiger partial charge in [-0.2, -0.15) is 0 Å². The van der Waals surface area contributed by atoms with Crippen molar-refractivity contribution in [3.8, 4) is 0 Å². The molecule has 3 aromatic rings. The first-order valence-electron chi connectivity index (χ1n) is 20.4. The van der Waals surface area contributed by atoms with Crippen molar-refractivity contribution in [3.63, 3.8) is 0 Å². The predicted octanol–water partition coefficient (Wildman–Crippen LogP) is 4.76. The van der Waals surface area contributed by atoms with Crippen molar-refractivity contribution < 1.29 is 62.7 Å². The fourth-order valence-electron chi connectivity index (χ4n) is 10.2. The minimum atomic E-state index is -2.30. The molecule has 3 aliphatic carbocycles. The Hall–Kier alpha value is -5.70. The van der Waals surface area contributed by atoms with Crippen LogP contribution in [0.2, 0.25) is 0 Å². The van der Waals surface area contributed by atoms with Gasteiger partial charge in [0.15, 0.2) is 17.5 Å². The molecule has 3 fully saturated rings. The summed E-state index contributed by atoms with van der Waals surface area (Å²) in [4.78, 5) is 83.3. The molecule has 61 heavy (non-hydrogen) atoms. The number of fused-ring (bicyclic) bond motifs is 5. The SMILES string of the molecule is CC(=O)O[C@H]1C(=O)[C@]2(C)[C@@H](O)C[C@H]3OC[C@]3(OC(C)=O)[C@@H]2[C@@H](OC(=O)c2ccccc2)[C@]2(O)C[C@@H](OC(=O)C[C@@H](NC(=O)c3ccccc3)c3ccccc3)C(C)=C1C2(C)C. The average molecular weight is 838 g/mol. The van der Waals surface area contributed by atoms with Gasteiger partial charge in [0, 0.05) is 37.7 Å². The number of aliphatic hydroxyl groups is 2. The van der Waals surface area contributed by atoms with Crippen molar-refractivity contribution in [2.24, 2.45) is 16.7 Å². The molecule has 322 valence electrons. The summed E-state index contributed by atoms with van der Waals surface area (Å²) in [6.45, 7) is 8.27. The lowest BCUT2D eigenvalue weighted by molar-refractivity contribution is -0.346. The van der Waals surface area contributed by atoms with Crippen LogP contribution in [0.25, 0.3) is 0 Å². The van der Waals surface area contributed by atoms with Crippen molar-refractivity contribution >= 4 is 35.6 Å². The van der Waals surface area contributed by atoms with E-state index in [1.54, 1.807) is 99.6 Å². The summed E-state index contributed by atoms with van der Waals surface area (Å²) >= 11 is 0. The first-order chi connectivity index (χ1) is 28.8. The number of hydrogen-bond acceptors (Lipinski definition) is 13. The van der Waals surface area contributed by atoms with Crippen molar-refractivity contribution in [1.82, 2.24) is 5.32 Å². The van der Waals surface area contributed by atoms with E-state index in [0.29, 0.717) is 11.1 Å². The fraction of sp³-hybridized carbons (Fsp3) is 0.447. The molecule has 1 amide bonds. The summed E-state index contributed by atoms with van der Waals surface area (Å²) in [5.74, 6) is -6.02. The summed E-state index contributed by atoms with van der Waals surface area (Å²) in [6.07, 6.45) is -8.30. The zero-order valence-electron chi connectivity index (χ0n) is 34.9. The topological polar surface area (TPSA) is 201 Å². The Morgan fingerprint density at radius 3 is 1.98 bits per heavy atom. The molecule has 7 rings (SSSR count). The molecule has 2 bridgehead atoms. The number of carbonyl (C=O) groups is 6. The van der Waals surface area contributed by atoms with Gasteiger partial charge in [-0.15, -0.1) is 0 Å². The second kappa shape index (κ2) is 16.3. The highest BCUT2D eigenvalue weighted by atomic mass is 16.6. The third-order valence-corrected chi connectivity index (χ3v) is 13.4. The third kappa shape index (κ3) is 7.44. The largest absolute Gasteiger partial charge is 0.458 e. The van der Waals surface area contributed by atoms with Gasteiger partial charge in [0.2, 0.25) is 0 Å². The number of nitrogens with one attached hydrogen (secondary N) is 1. The number of ketones is 1. The first kappa shape index (κ1) is 43.4. The minimum absolute atomic E-state index is 0.0809. The van der Waals surface area contributed by atoms with Crippen LogP contribution in [0.1, 0.15) is 93.1 Å². The van der Waals surface area contributed by atoms with Crippen molar-refractivity contribution in [1.29, 1.82) is 0 Å². The summed E-state index contributed by atoms with van der Waals surface area (Å²) in [5.41, 5.74) is -6.17. The molecule has 3 aromatic carbocycles. The van der Waals surface area contributed by atoms with E-state index < -0.39 is 107 Å². The Balaban J connectivity index is 1.37. The van der Waals surface area contributed by atoms with Crippen LogP contribution in [0, 0.1) is 16.7 Å². The van der Waals surface area contributed by atoms with Crippen LogP contribution in [-0.2, 0) is 42.9 Å². The lowest BCUT2D eigenvalue weighted by Gasteiger charge is -2.67. The molecule has 0 spiro atoms. The van der Waals surface area contributed by atoms with E-state index in [4.69, 9.17) is 23.7 Å². The van der Waals surface area contributed by atoms with Crippen LogP contribution in [0.5, 0.6) is 0 Å². The van der Waals surface area contributed by atoms with Crippen LogP contribution in [0.15, 0.2) is 102 Å². The van der Waals surface area contributed by atoms with E-state index in [2.05, 4.69) is 5.32 Å². The van der Waals surface area contributed by atoms with Crippen molar-refractivity contribution in [2.45, 2.75) is 109 Å². The van der Waals surface area contributed by atoms with E-state index in [-0.39, 0.29) is 36.2 Å². The highest BCUT2D eigenvalue weighted by Crippen LogP contribution is 2.64. The van der Waals surface area contributed by atoms with E-state index in [9.17, 15) is 34.2 Å². The molecule has 0 radical (unpaired) electrons. The Morgan fingerprint density at radius 1 is 0.836 bits per heavy atom. The number of esters is 4. The number of hydrogen-bond donors (Lipinski definition) is 3. The first-order valence-corrected chi connectivity index (χ1v) is 20.4. The molecule has 0 aromatic heterocycles. The lowest BCUT2D eigenvalue weighted by Crippen LogP contribution is -2.82. The average Bonchev–Trinajstić information content (AvgIpc) is 3.22. The van der Waals surface area contributed by atoms with Gasteiger partial charge in [-0.05, 0) is 54.8 Å². The van der Waals surface area contributed by atoms with Gasteiger partial charge in [-0.25, -0.2) is 4.79 Å². The highest BCUT2D eigenvalue weighted by molar-refractivity contribution is 5.96. The van der Waals surface area contributed by atoms with Gasteiger partial charge in [-0.3, -0.25) is 24.0 Å². The Bertz CT molecular complexity index is 2240. The summed E-state index contributed by atoms with van der Waals surface area (Å²) < 4.78 is 30.5. The van der Waals surface area contributed by atoms with Crippen LogP contribution < -0.4 is 5.32 Å². The molecule has 10 atom stereocenters. The number of amides is 1. The quantitative estimate of drug-likeness (QED) is 0.144. The van der Waals surface area contributed by atoms with Crippen molar-refractivity contribution in [2.75, 3.05) is 6.61 Å². The van der Waals surface area contributed by atoms with Gasteiger partial charge in [0.05, 0.1) is 42.1 Å². The molecular weight excluding hydrogens is 787 g/mol. The van der Waals surface area contributed by atoms with Crippen LogP contribution in [0.4, 0.5) is 0 Å². The summed E-state index contributed by atoms with van der Waals surface area (Å²) in [7, 11) is 0. The number of Topliss-reactive ketones (excluding diaryl/α,β-unsaturated/α-hetero) is 1. The standard InChI is InChI=1S/C47H51NO13/c1-26-33(59-36(52)22-32(29-16-10-7-11-17-29)48-42(54)30-18-12-8-13-19-30)24-47(56)41(60-43(55)31-20-14-9-15-21-31)39-45(6,34(51)23-35-46(39,25-57-35)61-28(3)50)40(53)38(58-27(2)49)37(26)44(47,4)5/h7-21,32-35,38-39,41,51,56H,22-25H2,1-6H3,(H,48,54)/t32-,33-,34+,35-,38-,39-,41-,45-,46-,47-/m1/s1. The summed E-state index contributed by atoms with van der Waals surface area (Å²) in [6, 6.07) is 24.4. The number of benzene rings is 3. The fourth-order valence-corrected chi connectivity index (χ4v) is 10.2. The molecule has 3 N–H and O–H groups in total. The molecule has 2 saturated carbocycles. The van der Waals surface area contributed by atoms with Gasteiger partial charge in [-0.1, -0.05) is 80.6 Å². The Labute approximate surface area is 353 Å². The molecule has 14 heteroatoms. The maximum Gasteiger partial charge on any atom is 0.338 e. The molecule has 1 saturated heterocycles. The maximum absolute atomic E-state index is 15.5. The van der Waals surface area contributed by atoms with E-state index in [1.807, 2.05) is 0 Å². The van der Waals surface area contributed by atoms with E-state index >= 15 is 4.79 Å². The lowest BCUT2D eigenvalue weighted by atomic mass is 9.44. The molecular formula is C47H51NO13. The Kier molecular flexibility index (Phi) is 11.6. The zero-order chi connectivity index (χ0) is 44.1. The number of rotatable bonds is 10. The number of ether oxygens (including phenoxy) is 5. The van der Waals surface area contributed by atoms with Crippen LogP contribution >= 0.6 is 0 Å². The molecule has 0 unspecified atom stereocenters. The summed E-state index contributed by atoms with van der Waals surface area (Å²) in [5, 5.41) is 28.6. The second-order valence-corrected chi connectivity index (χ2v) is 17.2. The van der Waals surface area contributed by atoms with Gasteiger partial charge < -0.3 is 39.2 Å². The highest BCUT2D eigenvalue weighted by Gasteiger charge is 2.78. The Morgan fingerprint density at radius 2 is 1.43 bits per heavy atom. The third-order valence-electron chi connectivity index (χ3n) is 13.4. The van der Waals surface area contributed by atoms with Gasteiger partial charge in [0.25, 0.3) is 5.91 Å². The second-order valence-electron chi connectivity index (χ2n) is 17.2. The predicted molar refractivity (Wildman–Crippen MR) is 216 cm³/mol. The number of carbonyl (C=O) groups excluding carboxylic acids is 6. The maximum atomic E-state index is 15.5. The van der Waals surface area contributed by atoms with Gasteiger partial charge in [0.1, 0.15) is 23.9 Å².